The molecule has 8 heteroatoms. The molecule has 0 aromatic rings. The van der Waals surface area contributed by atoms with Crippen molar-refractivity contribution in [2.24, 2.45) is 11.5 Å². The number of primary amides is 2. The van der Waals surface area contributed by atoms with Gasteiger partial charge in [0.1, 0.15) is 0 Å². The Hall–Kier alpha value is 0.340. The minimum absolute atomic E-state index is 0.156. The molecule has 0 aliphatic carbocycles. The average Bonchev–Trinajstić information content (AvgIpc) is 2.47. The lowest BCUT2D eigenvalue weighted by atomic mass is 10.1. The first kappa shape index (κ1) is 22.3. The van der Waals surface area contributed by atoms with Crippen molar-refractivity contribution in [1.29, 1.82) is 0 Å². The van der Waals surface area contributed by atoms with Gasteiger partial charge in [-0.05, 0) is 32.5 Å². The number of carbonyl (C=O) groups is 2. The van der Waals surface area contributed by atoms with E-state index >= 15 is 0 Å². The molecule has 2 atom stereocenters. The first-order valence-corrected chi connectivity index (χ1v) is 12.7. The maximum absolute atomic E-state index is 11.4. The van der Waals surface area contributed by atoms with E-state index in [1.54, 1.807) is 0 Å². The van der Waals surface area contributed by atoms with Gasteiger partial charge >= 0.3 is 0 Å². The molecule has 130 valence electrons. The van der Waals surface area contributed by atoms with E-state index < -0.39 is 0 Å². The topological polar surface area (TPSA) is 86.2 Å². The summed E-state index contributed by atoms with van der Waals surface area (Å²) in [6.07, 6.45) is 8.20. The van der Waals surface area contributed by atoms with Crippen LogP contribution in [-0.2, 0) is 9.59 Å². The summed E-state index contributed by atoms with van der Waals surface area (Å²) in [5.41, 5.74) is 10.9. The molecule has 2 amide bonds. The third kappa shape index (κ3) is 11.8. The predicted octanol–water partition coefficient (Wildman–Crippen LogP) is 4.53. The van der Waals surface area contributed by atoms with Crippen molar-refractivity contribution < 1.29 is 9.59 Å². The molecule has 4 N–H and O–H groups in total. The highest BCUT2D eigenvalue weighted by molar-refractivity contribution is 9.26. The van der Waals surface area contributed by atoms with Crippen molar-refractivity contribution in [3.63, 3.8) is 0 Å². The lowest BCUT2D eigenvalue weighted by Crippen LogP contribution is -2.25. The van der Waals surface area contributed by atoms with Crippen LogP contribution in [0.1, 0.15) is 65.2 Å². The van der Waals surface area contributed by atoms with Crippen molar-refractivity contribution in [1.82, 2.24) is 0 Å². The highest BCUT2D eigenvalue weighted by atomic mass is 33.7. The SMILES string of the molecule is CCCCCC(SSSSC(CCCCC)C(N)=O)C(N)=O. The summed E-state index contributed by atoms with van der Waals surface area (Å²) >= 11 is 0. The van der Waals surface area contributed by atoms with Gasteiger partial charge in [-0.2, -0.15) is 0 Å². The molecule has 0 saturated heterocycles. The minimum Gasteiger partial charge on any atom is -0.369 e. The molecule has 22 heavy (non-hydrogen) atoms. The zero-order valence-corrected chi connectivity index (χ0v) is 16.7. The van der Waals surface area contributed by atoms with Crippen LogP contribution < -0.4 is 11.5 Å². The van der Waals surface area contributed by atoms with Gasteiger partial charge in [-0.1, -0.05) is 74.0 Å². The first-order valence-electron chi connectivity index (χ1n) is 7.77. The van der Waals surface area contributed by atoms with Gasteiger partial charge in [0.25, 0.3) is 0 Å². The summed E-state index contributed by atoms with van der Waals surface area (Å²) in [5.74, 6) is -0.512. The van der Waals surface area contributed by atoms with Crippen LogP contribution in [0.3, 0.4) is 0 Å². The van der Waals surface area contributed by atoms with Crippen LogP contribution >= 0.6 is 41.2 Å². The normalized spacial score (nSPS) is 13.7. The molecule has 2 unspecified atom stereocenters. The fraction of sp³-hybridized carbons (Fsp3) is 0.857. The third-order valence-corrected chi connectivity index (χ3v) is 10.2. The number of amides is 2. The van der Waals surface area contributed by atoms with Gasteiger partial charge in [-0.3, -0.25) is 9.59 Å². The number of unbranched alkanes of at least 4 members (excludes halogenated alkanes) is 4. The Labute approximate surface area is 149 Å². The van der Waals surface area contributed by atoms with Gasteiger partial charge in [0.05, 0.1) is 10.5 Å². The molecule has 4 nitrogen and oxygen atoms in total. The summed E-state index contributed by atoms with van der Waals surface area (Å²) in [4.78, 5) is 22.8. The Kier molecular flexibility index (Phi) is 15.1. The van der Waals surface area contributed by atoms with Crippen LogP contribution in [0, 0.1) is 0 Å². The predicted molar refractivity (Wildman–Crippen MR) is 105 cm³/mol. The number of rotatable bonds is 15. The van der Waals surface area contributed by atoms with E-state index in [1.165, 1.54) is 41.2 Å². The zero-order valence-electron chi connectivity index (χ0n) is 13.4. The quantitative estimate of drug-likeness (QED) is 0.318. The molecule has 0 aliphatic heterocycles. The molecule has 0 spiro atoms. The van der Waals surface area contributed by atoms with Crippen molar-refractivity contribution in [2.45, 2.75) is 75.7 Å². The highest BCUT2D eigenvalue weighted by Gasteiger charge is 2.19. The maximum atomic E-state index is 11.4. The first-order chi connectivity index (χ1) is 10.5. The molecular weight excluding hydrogens is 356 g/mol. The fourth-order valence-corrected chi connectivity index (χ4v) is 8.66. The number of hydrogen-bond donors (Lipinski definition) is 2. The Bertz CT molecular complexity index is 289. The third-order valence-electron chi connectivity index (χ3n) is 3.11. The van der Waals surface area contributed by atoms with Crippen molar-refractivity contribution in [3.05, 3.63) is 0 Å². The Balaban J connectivity index is 3.97. The smallest absolute Gasteiger partial charge is 0.231 e. The summed E-state index contributed by atoms with van der Waals surface area (Å²) in [6, 6.07) is 0. The van der Waals surface area contributed by atoms with E-state index in [9.17, 15) is 9.59 Å². The summed E-state index contributed by atoms with van der Waals surface area (Å²) in [6.45, 7) is 4.27. The molecule has 0 radical (unpaired) electrons. The van der Waals surface area contributed by atoms with Crippen molar-refractivity contribution in [3.8, 4) is 0 Å². The number of carbonyl (C=O) groups excluding carboxylic acids is 2. The summed E-state index contributed by atoms with van der Waals surface area (Å²) < 4.78 is 0. The van der Waals surface area contributed by atoms with Gasteiger partial charge in [-0.25, -0.2) is 0 Å². The molecule has 0 saturated carbocycles. The molecule has 0 aromatic carbocycles. The zero-order chi connectivity index (χ0) is 16.8. The molecule has 0 rings (SSSR count). The molecule has 0 heterocycles. The van der Waals surface area contributed by atoms with Gasteiger partial charge in [0, 0.05) is 0 Å². The number of hydrogen-bond acceptors (Lipinski definition) is 6. The van der Waals surface area contributed by atoms with Crippen LogP contribution in [0.4, 0.5) is 0 Å². The minimum atomic E-state index is -0.256. The molecule has 0 bridgehead atoms. The highest BCUT2D eigenvalue weighted by Crippen LogP contribution is 2.48. The molecular formula is C14H28N2O2S4. The molecule has 0 aromatic heterocycles. The standard InChI is InChI=1S/C14H28N2O2S4/c1-3-5-7-9-11(13(15)17)19-21-22-20-12(14(16)18)10-8-6-4-2/h11-12H,3-10H2,1-2H3,(H2,15,17)(H2,16,18). The monoisotopic (exact) mass is 384 g/mol. The van der Waals surface area contributed by atoms with E-state index in [0.717, 1.165) is 51.4 Å². The summed E-state index contributed by atoms with van der Waals surface area (Å²) in [7, 11) is 6.03. The second kappa shape index (κ2) is 14.9. The van der Waals surface area contributed by atoms with Crippen molar-refractivity contribution in [2.75, 3.05) is 0 Å². The summed E-state index contributed by atoms with van der Waals surface area (Å²) in [5, 5.41) is -0.312. The van der Waals surface area contributed by atoms with Gasteiger partial charge in [-0.15, -0.1) is 0 Å². The Morgan fingerprint density at radius 1 is 0.773 bits per heavy atom. The van der Waals surface area contributed by atoms with Crippen LogP contribution in [0.15, 0.2) is 0 Å². The van der Waals surface area contributed by atoms with Crippen LogP contribution in [-0.4, -0.2) is 22.3 Å². The van der Waals surface area contributed by atoms with Crippen LogP contribution in [0.2, 0.25) is 0 Å². The number of nitrogens with two attached hydrogens (primary N) is 2. The van der Waals surface area contributed by atoms with Gasteiger partial charge in [0.15, 0.2) is 0 Å². The second-order valence-electron chi connectivity index (χ2n) is 5.10. The van der Waals surface area contributed by atoms with E-state index in [-0.39, 0.29) is 22.3 Å². The van der Waals surface area contributed by atoms with Crippen LogP contribution in [0.5, 0.6) is 0 Å². The van der Waals surface area contributed by atoms with Gasteiger partial charge < -0.3 is 11.5 Å². The second-order valence-corrected chi connectivity index (χ2v) is 11.3. The van der Waals surface area contributed by atoms with E-state index in [0.29, 0.717) is 0 Å². The fourth-order valence-electron chi connectivity index (χ4n) is 1.76. The van der Waals surface area contributed by atoms with E-state index in [2.05, 4.69) is 13.8 Å². The Morgan fingerprint density at radius 3 is 1.41 bits per heavy atom. The van der Waals surface area contributed by atoms with E-state index in [4.69, 9.17) is 11.5 Å². The maximum Gasteiger partial charge on any atom is 0.231 e. The van der Waals surface area contributed by atoms with E-state index in [1.807, 2.05) is 0 Å². The average molecular weight is 385 g/mol. The Morgan fingerprint density at radius 2 is 1.14 bits per heavy atom. The lowest BCUT2D eigenvalue weighted by molar-refractivity contribution is -0.118. The van der Waals surface area contributed by atoms with Crippen LogP contribution in [0.25, 0.3) is 0 Å². The lowest BCUT2D eigenvalue weighted by Gasteiger charge is -2.13. The van der Waals surface area contributed by atoms with Crippen molar-refractivity contribution >= 4 is 53.1 Å². The largest absolute Gasteiger partial charge is 0.369 e. The van der Waals surface area contributed by atoms with Gasteiger partial charge in [0.2, 0.25) is 11.8 Å². The molecule has 0 fully saturated rings. The molecule has 0 aliphatic rings.